The number of rotatable bonds is 4. The molecule has 2 aromatic rings. The third-order valence-electron chi connectivity index (χ3n) is 3.00. The summed E-state index contributed by atoms with van der Waals surface area (Å²) in [6.07, 6.45) is 1.84. The molecule has 0 amide bonds. The molecule has 0 radical (unpaired) electrons. The first kappa shape index (κ1) is 13.5. The fourth-order valence-corrected chi connectivity index (χ4v) is 2.30. The van der Waals surface area contributed by atoms with Crippen LogP contribution >= 0.6 is 22.6 Å². The number of halogens is 1. The number of aromatic nitrogens is 1. The van der Waals surface area contributed by atoms with Crippen molar-refractivity contribution in [3.05, 3.63) is 63.5 Å². The maximum absolute atomic E-state index is 4.38. The van der Waals surface area contributed by atoms with Crippen LogP contribution in [-0.2, 0) is 0 Å². The maximum Gasteiger partial charge on any atom is 0.0570 e. The molecule has 3 heteroatoms. The largest absolute Gasteiger partial charge is 0.302 e. The molecule has 0 fully saturated rings. The third-order valence-corrected chi connectivity index (χ3v) is 3.72. The first-order valence-corrected chi connectivity index (χ1v) is 7.17. The van der Waals surface area contributed by atoms with Gasteiger partial charge in [-0.3, -0.25) is 4.98 Å². The van der Waals surface area contributed by atoms with Crippen LogP contribution in [-0.4, -0.2) is 4.98 Å². The molecule has 0 saturated heterocycles. The molecule has 2 nitrogen and oxygen atoms in total. The van der Waals surface area contributed by atoms with E-state index in [1.165, 1.54) is 9.13 Å². The molecule has 0 aliphatic heterocycles. The Hall–Kier alpha value is -0.940. The minimum atomic E-state index is 0.250. The molecule has 0 bridgehead atoms. The van der Waals surface area contributed by atoms with Gasteiger partial charge in [0.2, 0.25) is 0 Å². The molecule has 0 spiro atoms. The predicted octanol–water partition coefficient (Wildman–Crippen LogP) is 4.10. The second-order valence-electron chi connectivity index (χ2n) is 4.42. The molecule has 0 aliphatic carbocycles. The Labute approximate surface area is 122 Å². The van der Waals surface area contributed by atoms with E-state index >= 15 is 0 Å². The van der Waals surface area contributed by atoms with E-state index in [0.717, 1.165) is 5.69 Å². The molecular formula is C15H17IN2. The lowest BCUT2D eigenvalue weighted by Crippen LogP contribution is -2.23. The Balaban J connectivity index is 2.03. The first-order chi connectivity index (χ1) is 8.66. The van der Waals surface area contributed by atoms with Crippen molar-refractivity contribution in [1.82, 2.24) is 10.3 Å². The van der Waals surface area contributed by atoms with E-state index in [0.29, 0.717) is 6.04 Å². The Morgan fingerprint density at radius 2 is 1.72 bits per heavy atom. The SMILES string of the molecule is CC(N[C@H](C)c1ccccn1)c1ccc(I)cc1. The Kier molecular flexibility index (Phi) is 4.72. The molecule has 18 heavy (non-hydrogen) atoms. The van der Waals surface area contributed by atoms with E-state index in [1.54, 1.807) is 0 Å². The van der Waals surface area contributed by atoms with Crippen LogP contribution in [0, 0.1) is 3.57 Å². The van der Waals surface area contributed by atoms with Gasteiger partial charge in [0, 0.05) is 21.9 Å². The van der Waals surface area contributed by atoms with Gasteiger partial charge in [0.05, 0.1) is 5.69 Å². The second-order valence-corrected chi connectivity index (χ2v) is 5.66. The molecule has 2 rings (SSSR count). The monoisotopic (exact) mass is 352 g/mol. The molecule has 1 N–H and O–H groups in total. The van der Waals surface area contributed by atoms with Gasteiger partial charge >= 0.3 is 0 Å². The van der Waals surface area contributed by atoms with Crippen molar-refractivity contribution in [3.8, 4) is 0 Å². The average molecular weight is 352 g/mol. The van der Waals surface area contributed by atoms with Gasteiger partial charge < -0.3 is 5.32 Å². The van der Waals surface area contributed by atoms with Gasteiger partial charge in [-0.05, 0) is 66.3 Å². The summed E-state index contributed by atoms with van der Waals surface area (Å²) in [4.78, 5) is 4.38. The third kappa shape index (κ3) is 3.53. The van der Waals surface area contributed by atoms with E-state index in [9.17, 15) is 0 Å². The van der Waals surface area contributed by atoms with Crippen LogP contribution in [0.25, 0.3) is 0 Å². The van der Waals surface area contributed by atoms with Gasteiger partial charge in [-0.25, -0.2) is 0 Å². The molecule has 0 aliphatic rings. The Morgan fingerprint density at radius 3 is 2.33 bits per heavy atom. The quantitative estimate of drug-likeness (QED) is 0.839. The van der Waals surface area contributed by atoms with Crippen LogP contribution in [0.1, 0.15) is 37.2 Å². The smallest absolute Gasteiger partial charge is 0.0570 e. The minimum Gasteiger partial charge on any atom is -0.302 e. The zero-order chi connectivity index (χ0) is 13.0. The lowest BCUT2D eigenvalue weighted by molar-refractivity contribution is 0.486. The van der Waals surface area contributed by atoms with Crippen molar-refractivity contribution < 1.29 is 0 Å². The van der Waals surface area contributed by atoms with Crippen LogP contribution < -0.4 is 5.32 Å². The Bertz CT molecular complexity index is 482. The number of benzene rings is 1. The number of hydrogen-bond donors (Lipinski definition) is 1. The number of nitrogens with zero attached hydrogens (tertiary/aromatic N) is 1. The summed E-state index contributed by atoms with van der Waals surface area (Å²) in [7, 11) is 0. The second kappa shape index (κ2) is 6.29. The first-order valence-electron chi connectivity index (χ1n) is 6.09. The molecular weight excluding hydrogens is 335 g/mol. The summed E-state index contributed by atoms with van der Waals surface area (Å²) in [6, 6.07) is 15.2. The zero-order valence-electron chi connectivity index (χ0n) is 10.6. The highest BCUT2D eigenvalue weighted by molar-refractivity contribution is 14.1. The van der Waals surface area contributed by atoms with Crippen LogP contribution in [0.4, 0.5) is 0 Å². The lowest BCUT2D eigenvalue weighted by Gasteiger charge is -2.20. The van der Waals surface area contributed by atoms with E-state index in [2.05, 4.69) is 77.1 Å². The summed E-state index contributed by atoms with van der Waals surface area (Å²) in [5, 5.41) is 3.57. The Morgan fingerprint density at radius 1 is 1.00 bits per heavy atom. The van der Waals surface area contributed by atoms with Crippen molar-refractivity contribution in [2.75, 3.05) is 0 Å². The van der Waals surface area contributed by atoms with Gasteiger partial charge in [0.1, 0.15) is 0 Å². The molecule has 2 atom stereocenters. The summed E-state index contributed by atoms with van der Waals surface area (Å²) in [6.45, 7) is 4.33. The van der Waals surface area contributed by atoms with Crippen LogP contribution in [0.3, 0.4) is 0 Å². The molecule has 1 aromatic carbocycles. The fraction of sp³-hybridized carbons (Fsp3) is 0.267. The highest BCUT2D eigenvalue weighted by Crippen LogP contribution is 2.18. The van der Waals surface area contributed by atoms with E-state index in [4.69, 9.17) is 0 Å². The lowest BCUT2D eigenvalue weighted by atomic mass is 10.1. The summed E-state index contributed by atoms with van der Waals surface area (Å²) in [5.74, 6) is 0. The van der Waals surface area contributed by atoms with Gasteiger partial charge in [0.25, 0.3) is 0 Å². The summed E-state index contributed by atoms with van der Waals surface area (Å²) < 4.78 is 1.27. The number of hydrogen-bond acceptors (Lipinski definition) is 2. The van der Waals surface area contributed by atoms with Crippen LogP contribution in [0.5, 0.6) is 0 Å². The molecule has 1 unspecified atom stereocenters. The number of pyridine rings is 1. The van der Waals surface area contributed by atoms with Gasteiger partial charge in [0.15, 0.2) is 0 Å². The molecule has 1 aromatic heterocycles. The minimum absolute atomic E-state index is 0.250. The topological polar surface area (TPSA) is 24.9 Å². The highest BCUT2D eigenvalue weighted by atomic mass is 127. The van der Waals surface area contributed by atoms with Crippen molar-refractivity contribution in [3.63, 3.8) is 0 Å². The van der Waals surface area contributed by atoms with Crippen LogP contribution in [0.15, 0.2) is 48.7 Å². The molecule has 0 saturated carbocycles. The van der Waals surface area contributed by atoms with E-state index in [-0.39, 0.29) is 6.04 Å². The predicted molar refractivity (Wildman–Crippen MR) is 83.4 cm³/mol. The van der Waals surface area contributed by atoms with Crippen molar-refractivity contribution in [1.29, 1.82) is 0 Å². The van der Waals surface area contributed by atoms with E-state index < -0.39 is 0 Å². The normalized spacial score (nSPS) is 14.2. The van der Waals surface area contributed by atoms with Gasteiger partial charge in [-0.15, -0.1) is 0 Å². The highest BCUT2D eigenvalue weighted by Gasteiger charge is 2.11. The summed E-state index contributed by atoms with van der Waals surface area (Å²) in [5.41, 5.74) is 2.38. The average Bonchev–Trinajstić information content (AvgIpc) is 2.40. The summed E-state index contributed by atoms with van der Waals surface area (Å²) >= 11 is 2.32. The number of nitrogens with one attached hydrogen (secondary N) is 1. The van der Waals surface area contributed by atoms with Crippen molar-refractivity contribution in [2.24, 2.45) is 0 Å². The molecule has 94 valence electrons. The van der Waals surface area contributed by atoms with E-state index in [1.807, 2.05) is 18.3 Å². The molecule has 1 heterocycles. The maximum atomic E-state index is 4.38. The van der Waals surface area contributed by atoms with Crippen LogP contribution in [0.2, 0.25) is 0 Å². The standard InChI is InChI=1S/C15H17IN2/c1-11(13-6-8-14(16)9-7-13)18-12(2)15-5-3-4-10-17-15/h3-12,18H,1-2H3/t11?,12-/m1/s1. The fourth-order valence-electron chi connectivity index (χ4n) is 1.94. The van der Waals surface area contributed by atoms with Crippen molar-refractivity contribution in [2.45, 2.75) is 25.9 Å². The van der Waals surface area contributed by atoms with Crippen molar-refractivity contribution >= 4 is 22.6 Å². The zero-order valence-corrected chi connectivity index (χ0v) is 12.8. The van der Waals surface area contributed by atoms with Gasteiger partial charge in [-0.2, -0.15) is 0 Å². The van der Waals surface area contributed by atoms with Gasteiger partial charge in [-0.1, -0.05) is 18.2 Å².